The molecular weight excluding hydrogens is 567 g/mol. The monoisotopic (exact) mass is 570 g/mol. The molecule has 0 unspecified atom stereocenters. The van der Waals surface area contributed by atoms with E-state index in [1.807, 2.05) is 0 Å². The molecule has 0 atom stereocenters. The van der Waals surface area contributed by atoms with E-state index in [-0.39, 0.29) is 0 Å². The van der Waals surface area contributed by atoms with Crippen LogP contribution >= 0.6 is 47.9 Å². The van der Waals surface area contributed by atoms with Crippen molar-refractivity contribution < 1.29 is 4.74 Å². The number of hydrogen-bond donors (Lipinski definition) is 0. The van der Waals surface area contributed by atoms with Crippen LogP contribution in [0.4, 0.5) is 0 Å². The van der Waals surface area contributed by atoms with Gasteiger partial charge in [0.05, 0.1) is 0 Å². The van der Waals surface area contributed by atoms with E-state index >= 15 is 0 Å². The molecule has 0 N–H and O–H groups in total. The van der Waals surface area contributed by atoms with Gasteiger partial charge < -0.3 is 4.74 Å². The van der Waals surface area contributed by atoms with E-state index in [2.05, 4.69) is 52.7 Å². The predicted molar refractivity (Wildman–Crippen MR) is 54.4 cm³/mol. The number of hydrogen-bond acceptors (Lipinski definition) is 1. The van der Waals surface area contributed by atoms with Crippen LogP contribution in [0.5, 0.6) is 0 Å². The molecule has 0 bridgehead atoms. The number of ether oxygens (including phenoxy) is 1. The van der Waals surface area contributed by atoms with Gasteiger partial charge in [-0.1, -0.05) is 0 Å². The molecule has 0 aliphatic heterocycles. The number of halogens is 4. The normalized spacial score (nSPS) is 9.75. The van der Waals surface area contributed by atoms with Crippen LogP contribution in [0, 0.1) is 0 Å². The minimum absolute atomic E-state index is 1.62. The fourth-order valence-electron chi connectivity index (χ4n) is 0. The van der Waals surface area contributed by atoms with Crippen LogP contribution < -0.4 is 0 Å². The van der Waals surface area contributed by atoms with E-state index < -0.39 is 11.5 Å². The molecule has 0 heterocycles. The van der Waals surface area contributed by atoms with Gasteiger partial charge in [-0.15, -0.1) is 0 Å². The first-order valence-corrected chi connectivity index (χ1v) is 35.3. The second-order valence-corrected chi connectivity index (χ2v) is 102. The average Bonchev–Trinajstić information content (AvgIpc) is 1.27. The molecule has 8 heavy (non-hydrogen) atoms. The quantitative estimate of drug-likeness (QED) is 0.405. The molecule has 0 aromatic heterocycles. The van der Waals surface area contributed by atoms with Crippen LogP contribution in [0.15, 0.2) is 0 Å². The van der Waals surface area contributed by atoms with Gasteiger partial charge in [0.25, 0.3) is 0 Å². The van der Waals surface area contributed by atoms with E-state index in [9.17, 15) is 0 Å². The van der Waals surface area contributed by atoms with Crippen molar-refractivity contribution >= 4 is 59.5 Å². The van der Waals surface area contributed by atoms with E-state index in [0.29, 0.717) is 0 Å². The van der Waals surface area contributed by atoms with Gasteiger partial charge in [-0.3, -0.25) is 0 Å². The summed E-state index contributed by atoms with van der Waals surface area (Å²) in [6.07, 6.45) is 0. The fraction of sp³-hybridized carbons (Fsp3) is 1.00. The summed E-state index contributed by atoms with van der Waals surface area (Å²) in [4.78, 5) is 0. The van der Waals surface area contributed by atoms with Crippen molar-refractivity contribution in [1.82, 2.24) is 0 Å². The summed E-state index contributed by atoms with van der Waals surface area (Å²) in [7, 11) is 3.25. The van der Waals surface area contributed by atoms with E-state index in [1.54, 1.807) is 14.2 Å². The molecule has 0 aromatic rings. The Morgan fingerprint density at radius 2 is 1.00 bits per heavy atom. The fourth-order valence-corrected chi connectivity index (χ4v) is 0. The molecule has 0 saturated carbocycles. The Hall–Kier alpha value is 2.80. The Kier molecular flexibility index (Phi) is 13.2. The molecule has 0 fully saturated rings. The van der Waals surface area contributed by atoms with Crippen LogP contribution in [-0.4, -0.2) is 25.8 Å². The summed E-state index contributed by atoms with van der Waals surface area (Å²) in [5, 5.41) is 0. The second-order valence-electron chi connectivity index (χ2n) is 0.837. The summed E-state index contributed by atoms with van der Waals surface area (Å²) in [5.41, 5.74) is 0. The van der Waals surface area contributed by atoms with Gasteiger partial charge in [-0.25, -0.2) is 0 Å². The van der Waals surface area contributed by atoms with E-state index in [1.165, 1.54) is 0 Å². The van der Waals surface area contributed by atoms with Gasteiger partial charge in [-0.05, 0) is 0 Å². The van der Waals surface area contributed by atoms with Crippen molar-refractivity contribution in [2.75, 3.05) is 14.2 Å². The molecule has 0 radical (unpaired) electrons. The molecule has 1 nitrogen and oxygen atoms in total. The first kappa shape index (κ1) is 13.4. The predicted octanol–water partition coefficient (Wildman–Crippen LogP) is 3.26. The first-order chi connectivity index (χ1) is 3.41. The van der Waals surface area contributed by atoms with Gasteiger partial charge >= 0.3 is 59.5 Å². The zero-order chi connectivity index (χ0) is 7.21. The zero-order valence-electron chi connectivity index (χ0n) is 4.42. The van der Waals surface area contributed by atoms with Crippen molar-refractivity contribution in [3.8, 4) is 0 Å². The molecule has 0 saturated heterocycles. The molecule has 0 aliphatic rings. The van der Waals surface area contributed by atoms with Crippen LogP contribution in [-0.2, 0) is 4.74 Å². The average molecular weight is 573 g/mol. The minimum atomic E-state index is -2.03. The van der Waals surface area contributed by atoms with Crippen molar-refractivity contribution in [1.29, 1.82) is 0 Å². The third kappa shape index (κ3) is 68.2. The Bertz CT molecular complexity index is 37.8. The molecule has 6 heteroatoms. The van der Waals surface area contributed by atoms with Crippen molar-refractivity contribution in [3.05, 3.63) is 0 Å². The molecule has 0 amide bonds. The van der Waals surface area contributed by atoms with Crippen molar-refractivity contribution in [3.63, 3.8) is 0 Å². The summed E-state index contributed by atoms with van der Waals surface area (Å²) in [6.45, 7) is 0. The standard InChI is InChI=1S/C2H6O.4BrH.Pb/c1-3-2;;;;;/h1-2H3;4*1H;/q;;;;;+4/p-4. The van der Waals surface area contributed by atoms with Crippen LogP contribution in [0.1, 0.15) is 0 Å². The van der Waals surface area contributed by atoms with E-state index in [0.717, 1.165) is 0 Å². The Morgan fingerprint density at radius 3 is 1.00 bits per heavy atom. The van der Waals surface area contributed by atoms with Crippen LogP contribution in [0.3, 0.4) is 0 Å². The van der Waals surface area contributed by atoms with Crippen LogP contribution in [0.2, 0.25) is 0 Å². The molecule has 0 rings (SSSR count). The zero-order valence-corrected chi connectivity index (χ0v) is 14.7. The van der Waals surface area contributed by atoms with Crippen molar-refractivity contribution in [2.24, 2.45) is 0 Å². The molecule has 0 spiro atoms. The SMILES string of the molecule is COC.[Br][Pb]([Br])([Br])[Br]. The maximum atomic E-state index is 4.25. The van der Waals surface area contributed by atoms with Gasteiger partial charge in [0.1, 0.15) is 0 Å². The Balaban J connectivity index is 0. The van der Waals surface area contributed by atoms with Gasteiger partial charge in [0.15, 0.2) is 0 Å². The molecule has 0 aliphatic carbocycles. The number of rotatable bonds is 0. The topological polar surface area (TPSA) is 9.23 Å². The Morgan fingerprint density at radius 1 is 1.00 bits per heavy atom. The van der Waals surface area contributed by atoms with Crippen LogP contribution in [0.25, 0.3) is 0 Å². The third-order valence-electron chi connectivity index (χ3n) is 0. The molecular formula is C2H6Br4OPb. The first-order valence-electron chi connectivity index (χ1n) is 1.57. The Labute approximate surface area is 76.8 Å². The van der Waals surface area contributed by atoms with Crippen molar-refractivity contribution in [2.45, 2.75) is 0 Å². The molecule has 52 valence electrons. The number of methoxy groups -OCH3 is 1. The molecule has 0 aromatic carbocycles. The van der Waals surface area contributed by atoms with Gasteiger partial charge in [0.2, 0.25) is 0 Å². The second kappa shape index (κ2) is 7.90. The third-order valence-corrected chi connectivity index (χ3v) is 0. The van der Waals surface area contributed by atoms with Gasteiger partial charge in [0, 0.05) is 14.2 Å². The summed E-state index contributed by atoms with van der Waals surface area (Å²) >= 11 is 11.4. The summed E-state index contributed by atoms with van der Waals surface area (Å²) < 4.78 is 4.25. The van der Waals surface area contributed by atoms with E-state index in [4.69, 9.17) is 0 Å². The summed E-state index contributed by atoms with van der Waals surface area (Å²) in [5.74, 6) is 0. The summed E-state index contributed by atoms with van der Waals surface area (Å²) in [6, 6.07) is 0. The van der Waals surface area contributed by atoms with Gasteiger partial charge in [-0.2, -0.15) is 0 Å². The maximum absolute atomic E-state index is 4.25.